The van der Waals surface area contributed by atoms with Gasteiger partial charge in [-0.15, -0.1) is 0 Å². The number of carbonyl (C=O) groups is 1. The monoisotopic (exact) mass is 714 g/mol. The highest BCUT2D eigenvalue weighted by Crippen LogP contribution is 2.38. The fourth-order valence-corrected chi connectivity index (χ4v) is 5.99. The van der Waals surface area contributed by atoms with Gasteiger partial charge in [-0.1, -0.05) is 0 Å². The van der Waals surface area contributed by atoms with Gasteiger partial charge in [0.15, 0.2) is 30.1 Å². The number of rotatable bonds is 11. The number of aliphatic imine (C=N–C) groups is 2. The number of ether oxygens (including phenoxy) is 4. The summed E-state index contributed by atoms with van der Waals surface area (Å²) in [5.41, 5.74) is 28.4. The Hall–Kier alpha value is -3.78. The molecule has 0 bridgehead atoms. The van der Waals surface area contributed by atoms with E-state index in [1.54, 1.807) is 0 Å². The molecule has 3 aliphatic rings. The van der Waals surface area contributed by atoms with Crippen LogP contribution < -0.4 is 39.4 Å². The number of likely N-dealkylation sites (N-methyl/N-ethyl adjacent to an activating group) is 1. The highest BCUT2D eigenvalue weighted by Gasteiger charge is 2.60. The largest absolute Gasteiger partial charge is 0.399 e. The van der Waals surface area contributed by atoms with Crippen molar-refractivity contribution >= 4 is 29.7 Å². The standard InChI is InChI=1S/C28H46N10O12/c1-9-28(46,8-35-38-23(45)10-3-5-11(29)6-4-10)22(50-24-15(34-2)19(43)16(40)12(7-39)48-24)25(47-9)49-21-14(37-27(32)33)17(41)13(36-26(30)31)18(42)20(21)44/h3-6,8-9,12-22,24-25,34,39-44,46H,7,29H2,1-2H3,(H,38,45)(H4,30,31,36)(H4,32,33,37). The molecule has 2 heterocycles. The number of nitrogens with two attached hydrogens (primary N) is 5. The first-order chi connectivity index (χ1) is 23.5. The maximum atomic E-state index is 12.7. The summed E-state index contributed by atoms with van der Waals surface area (Å²) in [6.07, 6.45) is -16.8. The molecule has 22 heteroatoms. The molecule has 0 aromatic heterocycles. The second-order valence-corrected chi connectivity index (χ2v) is 12.1. The van der Waals surface area contributed by atoms with Crippen LogP contribution in [0, 0.1) is 0 Å². The first kappa shape index (κ1) is 39.0. The number of nitrogens with zero attached hydrogens (tertiary/aromatic N) is 3. The fourth-order valence-electron chi connectivity index (χ4n) is 5.99. The fraction of sp³-hybridized carbons (Fsp3) is 0.643. The number of anilines is 1. The minimum absolute atomic E-state index is 0.191. The highest BCUT2D eigenvalue weighted by atomic mass is 16.8. The van der Waals surface area contributed by atoms with Crippen molar-refractivity contribution < 1.29 is 59.5 Å². The number of amides is 1. The lowest BCUT2D eigenvalue weighted by Crippen LogP contribution is -2.66. The zero-order chi connectivity index (χ0) is 37.1. The lowest BCUT2D eigenvalue weighted by Gasteiger charge is -2.45. The summed E-state index contributed by atoms with van der Waals surface area (Å²) in [6.45, 7) is 0.666. The maximum absolute atomic E-state index is 12.7. The molecular formula is C28H46N10O12. The minimum atomic E-state index is -2.29. The van der Waals surface area contributed by atoms with Gasteiger partial charge in [0, 0.05) is 11.3 Å². The third kappa shape index (κ3) is 8.06. The van der Waals surface area contributed by atoms with Crippen molar-refractivity contribution in [2.24, 2.45) is 38.0 Å². The molecule has 15 unspecified atom stereocenters. The van der Waals surface area contributed by atoms with Crippen molar-refractivity contribution in [2.75, 3.05) is 19.4 Å². The predicted octanol–water partition coefficient (Wildman–Crippen LogP) is -7.36. The van der Waals surface area contributed by atoms with Gasteiger partial charge < -0.3 is 88.7 Å². The molecule has 0 radical (unpaired) electrons. The average molecular weight is 715 g/mol. The molecule has 3 fully saturated rings. The average Bonchev–Trinajstić information content (AvgIpc) is 3.29. The Bertz CT molecular complexity index is 1400. The van der Waals surface area contributed by atoms with Crippen LogP contribution >= 0.6 is 0 Å². The molecule has 0 spiro atoms. The molecule has 4 rings (SSSR count). The molecule has 1 saturated carbocycles. The van der Waals surface area contributed by atoms with Gasteiger partial charge in [0.05, 0.1) is 25.0 Å². The van der Waals surface area contributed by atoms with Crippen molar-refractivity contribution in [1.82, 2.24) is 10.7 Å². The number of nitrogen functional groups attached to an aromatic ring is 1. The summed E-state index contributed by atoms with van der Waals surface area (Å²) in [4.78, 5) is 20.4. The molecule has 1 aliphatic carbocycles. The SMILES string of the molecule is CNC1C(OC2C(OC3C(O)C(O)C(N=C(N)N)C(O)C3N=C(N)N)OC(C)C2(O)C=NNC(=O)c2ccc(N)cc2)OC(CO)C(O)C1O. The smallest absolute Gasteiger partial charge is 0.271 e. The van der Waals surface area contributed by atoms with Crippen LogP contribution in [0.3, 0.4) is 0 Å². The molecule has 1 aromatic carbocycles. The highest BCUT2D eigenvalue weighted by molar-refractivity contribution is 5.94. The lowest BCUT2D eigenvalue weighted by atomic mass is 9.81. The second kappa shape index (κ2) is 16.1. The molecule has 2 aliphatic heterocycles. The zero-order valence-electron chi connectivity index (χ0n) is 27.1. The van der Waals surface area contributed by atoms with E-state index in [0.29, 0.717) is 5.69 Å². The van der Waals surface area contributed by atoms with Crippen molar-refractivity contribution in [3.63, 3.8) is 0 Å². The lowest BCUT2D eigenvalue weighted by molar-refractivity contribution is -0.313. The zero-order valence-corrected chi connectivity index (χ0v) is 27.1. The Labute approximate surface area is 285 Å². The number of hydrogen-bond donors (Lipinski definition) is 14. The number of carbonyl (C=O) groups excluding carboxylic acids is 1. The third-order valence-corrected chi connectivity index (χ3v) is 8.76. The number of aliphatic hydroxyl groups is 7. The van der Waals surface area contributed by atoms with Crippen LogP contribution in [0.5, 0.6) is 0 Å². The van der Waals surface area contributed by atoms with Gasteiger partial charge >= 0.3 is 0 Å². The summed E-state index contributed by atoms with van der Waals surface area (Å²) >= 11 is 0. The van der Waals surface area contributed by atoms with Gasteiger partial charge in [-0.2, -0.15) is 5.10 Å². The Kier molecular flexibility index (Phi) is 12.5. The molecule has 1 amide bonds. The molecule has 2 saturated heterocycles. The quantitative estimate of drug-likeness (QED) is 0.0438. The van der Waals surface area contributed by atoms with Crippen LogP contribution in [0.25, 0.3) is 0 Å². The molecule has 280 valence electrons. The Morgan fingerprint density at radius 2 is 1.52 bits per heavy atom. The number of aliphatic hydroxyl groups excluding tert-OH is 6. The summed E-state index contributed by atoms with van der Waals surface area (Å²) in [6, 6.07) is 1.72. The summed E-state index contributed by atoms with van der Waals surface area (Å²) in [5.74, 6) is -1.73. The first-order valence-corrected chi connectivity index (χ1v) is 15.4. The molecule has 22 nitrogen and oxygen atoms in total. The third-order valence-electron chi connectivity index (χ3n) is 8.76. The van der Waals surface area contributed by atoms with Crippen molar-refractivity contribution in [3.8, 4) is 0 Å². The molecule has 50 heavy (non-hydrogen) atoms. The molecule has 15 atom stereocenters. The van der Waals surface area contributed by atoms with Crippen LogP contribution in [-0.2, 0) is 18.9 Å². The Morgan fingerprint density at radius 1 is 0.900 bits per heavy atom. The van der Waals surface area contributed by atoms with Gasteiger partial charge in [0.1, 0.15) is 60.9 Å². The Balaban J connectivity index is 1.71. The van der Waals surface area contributed by atoms with E-state index in [4.69, 9.17) is 47.6 Å². The van der Waals surface area contributed by atoms with Crippen LogP contribution in [-0.4, -0.2) is 165 Å². The van der Waals surface area contributed by atoms with Gasteiger partial charge in [-0.25, -0.2) is 15.4 Å². The van der Waals surface area contributed by atoms with Crippen molar-refractivity contribution in [1.29, 1.82) is 0 Å². The van der Waals surface area contributed by atoms with E-state index >= 15 is 0 Å². The van der Waals surface area contributed by atoms with Crippen LogP contribution in [0.2, 0.25) is 0 Å². The van der Waals surface area contributed by atoms with E-state index in [2.05, 4.69) is 25.8 Å². The second-order valence-electron chi connectivity index (χ2n) is 12.1. The van der Waals surface area contributed by atoms with E-state index in [0.717, 1.165) is 6.21 Å². The van der Waals surface area contributed by atoms with E-state index < -0.39 is 116 Å². The van der Waals surface area contributed by atoms with Crippen LogP contribution in [0.15, 0.2) is 39.4 Å². The number of benzene rings is 1. The molecule has 19 N–H and O–H groups in total. The summed E-state index contributed by atoms with van der Waals surface area (Å²) in [5, 5.41) is 82.8. The normalized spacial score (nSPS) is 40.3. The topological polar surface area (TPSA) is 387 Å². The summed E-state index contributed by atoms with van der Waals surface area (Å²) < 4.78 is 23.9. The van der Waals surface area contributed by atoms with Gasteiger partial charge in [0.25, 0.3) is 5.91 Å². The van der Waals surface area contributed by atoms with Gasteiger partial charge in [-0.05, 0) is 38.2 Å². The van der Waals surface area contributed by atoms with Gasteiger partial charge in [0.2, 0.25) is 0 Å². The van der Waals surface area contributed by atoms with E-state index in [1.165, 1.54) is 38.2 Å². The van der Waals surface area contributed by atoms with Crippen LogP contribution in [0.4, 0.5) is 5.69 Å². The molecular weight excluding hydrogens is 668 g/mol. The van der Waals surface area contributed by atoms with E-state index in [-0.39, 0.29) is 5.56 Å². The van der Waals surface area contributed by atoms with Gasteiger partial charge in [-0.3, -0.25) is 4.79 Å². The van der Waals surface area contributed by atoms with E-state index in [9.17, 15) is 40.5 Å². The van der Waals surface area contributed by atoms with E-state index in [1.807, 2.05) is 0 Å². The number of nitrogens with one attached hydrogen (secondary N) is 2. The predicted molar refractivity (Wildman–Crippen MR) is 174 cm³/mol. The first-order valence-electron chi connectivity index (χ1n) is 15.4. The van der Waals surface area contributed by atoms with Crippen LogP contribution in [0.1, 0.15) is 17.3 Å². The van der Waals surface area contributed by atoms with Crippen molar-refractivity contribution in [2.45, 2.75) is 98.2 Å². The number of hydrazone groups is 1. The summed E-state index contributed by atoms with van der Waals surface area (Å²) in [7, 11) is 1.43. The van der Waals surface area contributed by atoms with Crippen molar-refractivity contribution in [3.05, 3.63) is 29.8 Å². The Morgan fingerprint density at radius 3 is 2.10 bits per heavy atom. The number of hydrogen-bond acceptors (Lipinski definition) is 17. The maximum Gasteiger partial charge on any atom is 0.271 e. The molecule has 1 aromatic rings. The number of guanidine groups is 2. The minimum Gasteiger partial charge on any atom is -0.399 e.